The number of alkyl carbamates (subject to hydrolysis) is 1. The Morgan fingerprint density at radius 1 is 0.900 bits per heavy atom. The summed E-state index contributed by atoms with van der Waals surface area (Å²) in [6, 6.07) is 22.4. The molecule has 0 aliphatic heterocycles. The van der Waals surface area contributed by atoms with Crippen LogP contribution in [0.4, 0.5) is 16.2 Å². The minimum atomic E-state index is -0.571. The molecule has 1 heterocycles. The summed E-state index contributed by atoms with van der Waals surface area (Å²) in [5.74, 6) is -0.192. The van der Waals surface area contributed by atoms with Gasteiger partial charge in [0.15, 0.2) is 0 Å². The molecule has 0 bridgehead atoms. The predicted octanol–water partition coefficient (Wildman–Crippen LogP) is 6.25. The van der Waals surface area contributed by atoms with Crippen molar-refractivity contribution < 1.29 is 19.1 Å². The van der Waals surface area contributed by atoms with Gasteiger partial charge in [-0.25, -0.2) is 4.79 Å². The first-order valence-corrected chi connectivity index (χ1v) is 13.3. The van der Waals surface area contributed by atoms with Crippen molar-refractivity contribution >= 4 is 40.1 Å². The summed E-state index contributed by atoms with van der Waals surface area (Å²) in [5.41, 5.74) is 3.22. The molecule has 1 aromatic heterocycles. The van der Waals surface area contributed by atoms with E-state index in [0.29, 0.717) is 11.3 Å². The van der Waals surface area contributed by atoms with E-state index in [1.54, 1.807) is 51.4 Å². The monoisotopic (exact) mass is 536 g/mol. The number of carbonyl (C=O) groups excluding carboxylic acids is 3. The highest BCUT2D eigenvalue weighted by molar-refractivity contribution is 6.04. The number of hydrogen-bond acceptors (Lipinski definition) is 5. The lowest BCUT2D eigenvalue weighted by molar-refractivity contribution is -0.117. The van der Waals surface area contributed by atoms with E-state index in [-0.39, 0.29) is 30.2 Å². The van der Waals surface area contributed by atoms with E-state index in [2.05, 4.69) is 20.9 Å². The quantitative estimate of drug-likeness (QED) is 0.259. The summed E-state index contributed by atoms with van der Waals surface area (Å²) in [6.07, 6.45) is 3.81. The molecule has 1 saturated carbocycles. The smallest absolute Gasteiger partial charge is 0.407 e. The molecule has 3 amide bonds. The van der Waals surface area contributed by atoms with Crippen molar-refractivity contribution in [2.24, 2.45) is 5.92 Å². The number of ether oxygens (including phenoxy) is 1. The van der Waals surface area contributed by atoms with Crippen LogP contribution in [-0.4, -0.2) is 28.5 Å². The number of nitrogens with zero attached hydrogens (tertiary/aromatic N) is 1. The molecule has 8 nitrogen and oxygen atoms in total. The molecule has 1 aliphatic carbocycles. The van der Waals surface area contributed by atoms with Crippen LogP contribution in [0.3, 0.4) is 0 Å². The van der Waals surface area contributed by atoms with Crippen LogP contribution in [0.15, 0.2) is 85.2 Å². The lowest BCUT2D eigenvalue weighted by atomic mass is 10.1. The zero-order valence-corrected chi connectivity index (χ0v) is 22.7. The van der Waals surface area contributed by atoms with E-state index in [1.165, 1.54) is 0 Å². The largest absolute Gasteiger partial charge is 0.444 e. The molecule has 1 fully saturated rings. The second kappa shape index (κ2) is 11.2. The predicted molar refractivity (Wildman–Crippen MR) is 155 cm³/mol. The molecule has 5 rings (SSSR count). The van der Waals surface area contributed by atoms with Gasteiger partial charge in [-0.2, -0.15) is 0 Å². The summed E-state index contributed by atoms with van der Waals surface area (Å²) in [6.45, 7) is 5.70. The Morgan fingerprint density at radius 2 is 1.68 bits per heavy atom. The average Bonchev–Trinajstić information content (AvgIpc) is 3.73. The van der Waals surface area contributed by atoms with Crippen molar-refractivity contribution in [3.8, 4) is 0 Å². The highest BCUT2D eigenvalue weighted by Gasteiger charge is 2.43. The van der Waals surface area contributed by atoms with Gasteiger partial charge in [0.05, 0.1) is 0 Å². The summed E-state index contributed by atoms with van der Waals surface area (Å²) >= 11 is 0. The van der Waals surface area contributed by atoms with Crippen molar-refractivity contribution in [1.82, 2.24) is 10.3 Å². The maximum atomic E-state index is 12.8. The fraction of sp³-hybridized carbons (Fsp3) is 0.250. The molecule has 8 heteroatoms. The van der Waals surface area contributed by atoms with E-state index < -0.39 is 11.7 Å². The van der Waals surface area contributed by atoms with Crippen molar-refractivity contribution in [3.63, 3.8) is 0 Å². The third-order valence-electron chi connectivity index (χ3n) is 6.66. The number of aromatic nitrogens is 1. The highest BCUT2D eigenvalue weighted by Crippen LogP contribution is 2.48. The molecule has 3 aromatic carbocycles. The van der Waals surface area contributed by atoms with Crippen LogP contribution in [0.1, 0.15) is 54.6 Å². The van der Waals surface area contributed by atoms with Gasteiger partial charge in [-0.15, -0.1) is 0 Å². The Kier molecular flexibility index (Phi) is 7.51. The van der Waals surface area contributed by atoms with Gasteiger partial charge in [-0.1, -0.05) is 30.3 Å². The summed E-state index contributed by atoms with van der Waals surface area (Å²) in [5, 5.41) is 10.7. The van der Waals surface area contributed by atoms with Gasteiger partial charge in [0.2, 0.25) is 5.91 Å². The summed E-state index contributed by atoms with van der Waals surface area (Å²) in [7, 11) is 0. The third kappa shape index (κ3) is 6.83. The third-order valence-corrected chi connectivity index (χ3v) is 6.66. The van der Waals surface area contributed by atoms with Gasteiger partial charge in [-0.05, 0) is 92.1 Å². The number of nitrogens with one attached hydrogen (secondary N) is 3. The lowest BCUT2D eigenvalue weighted by Gasteiger charge is -2.19. The van der Waals surface area contributed by atoms with Crippen LogP contribution in [0, 0.1) is 5.92 Å². The van der Waals surface area contributed by atoms with Crippen LogP contribution in [-0.2, 0) is 16.1 Å². The van der Waals surface area contributed by atoms with Gasteiger partial charge in [0.25, 0.3) is 5.91 Å². The number of fused-ring (bicyclic) bond motifs is 1. The van der Waals surface area contributed by atoms with Gasteiger partial charge in [-0.3, -0.25) is 14.6 Å². The SMILES string of the molecule is CC(C)(C)OC(=O)NCc1cccc(NC(=O)c2ccc(C3C[C@H]3C(=O)Nc3ccc4cnccc4c3)cc2)c1. The minimum Gasteiger partial charge on any atom is -0.444 e. The Labute approximate surface area is 233 Å². The number of anilines is 2. The molecule has 0 saturated heterocycles. The molecule has 3 N–H and O–H groups in total. The average molecular weight is 537 g/mol. The van der Waals surface area contributed by atoms with E-state index in [0.717, 1.165) is 34.0 Å². The van der Waals surface area contributed by atoms with Crippen molar-refractivity contribution in [2.45, 2.75) is 45.3 Å². The first kappa shape index (κ1) is 26.9. The van der Waals surface area contributed by atoms with Crippen molar-refractivity contribution in [2.75, 3.05) is 10.6 Å². The molecule has 1 aliphatic rings. The van der Waals surface area contributed by atoms with Crippen LogP contribution < -0.4 is 16.0 Å². The first-order valence-electron chi connectivity index (χ1n) is 13.3. The normalized spacial score (nSPS) is 16.2. The van der Waals surface area contributed by atoms with Gasteiger partial charge in [0.1, 0.15) is 5.60 Å². The van der Waals surface area contributed by atoms with Crippen LogP contribution >= 0.6 is 0 Å². The van der Waals surface area contributed by atoms with E-state index in [4.69, 9.17) is 4.74 Å². The molecular weight excluding hydrogens is 504 g/mol. The van der Waals surface area contributed by atoms with Crippen molar-refractivity contribution in [1.29, 1.82) is 0 Å². The van der Waals surface area contributed by atoms with Crippen LogP contribution in [0.25, 0.3) is 10.8 Å². The van der Waals surface area contributed by atoms with Crippen LogP contribution in [0.2, 0.25) is 0 Å². The van der Waals surface area contributed by atoms with Gasteiger partial charge >= 0.3 is 6.09 Å². The number of rotatable bonds is 7. The van der Waals surface area contributed by atoms with Gasteiger partial charge in [0, 0.05) is 47.2 Å². The molecule has 40 heavy (non-hydrogen) atoms. The Hall–Kier alpha value is -4.72. The molecule has 0 spiro atoms. The molecular formula is C32H32N4O4. The second-order valence-corrected chi connectivity index (χ2v) is 11.0. The van der Waals surface area contributed by atoms with E-state index >= 15 is 0 Å². The molecule has 204 valence electrons. The molecule has 0 radical (unpaired) electrons. The number of carbonyl (C=O) groups is 3. The topological polar surface area (TPSA) is 109 Å². The fourth-order valence-electron chi connectivity index (χ4n) is 4.58. The number of benzene rings is 3. The lowest BCUT2D eigenvalue weighted by Crippen LogP contribution is -2.32. The van der Waals surface area contributed by atoms with E-state index in [9.17, 15) is 14.4 Å². The Balaban J connectivity index is 1.13. The minimum absolute atomic E-state index is 0.00117. The van der Waals surface area contributed by atoms with Crippen molar-refractivity contribution in [3.05, 3.63) is 102 Å². The fourth-order valence-corrected chi connectivity index (χ4v) is 4.58. The number of hydrogen-bond donors (Lipinski definition) is 3. The summed E-state index contributed by atoms with van der Waals surface area (Å²) < 4.78 is 5.26. The Morgan fingerprint density at radius 3 is 2.45 bits per heavy atom. The molecule has 2 atom stereocenters. The number of amides is 3. The Bertz CT molecular complexity index is 1560. The van der Waals surface area contributed by atoms with E-state index in [1.807, 2.05) is 54.6 Å². The number of pyridine rings is 1. The maximum Gasteiger partial charge on any atom is 0.407 e. The van der Waals surface area contributed by atoms with Crippen LogP contribution in [0.5, 0.6) is 0 Å². The molecule has 1 unspecified atom stereocenters. The molecule has 4 aromatic rings. The zero-order valence-electron chi connectivity index (χ0n) is 22.7. The second-order valence-electron chi connectivity index (χ2n) is 11.0. The van der Waals surface area contributed by atoms with Gasteiger partial charge < -0.3 is 20.7 Å². The standard InChI is InChI=1S/C32H32N4O4/c1-32(2,3)40-31(39)34-18-20-5-4-6-25(15-20)35-29(37)22-9-7-21(8-10-22)27-17-28(27)30(38)36-26-12-11-24-19-33-14-13-23(24)16-26/h4-16,19,27-28H,17-18H2,1-3H3,(H,34,39)(H,35,37)(H,36,38)/t27?,28-/m1/s1. The zero-order chi connectivity index (χ0) is 28.3. The summed E-state index contributed by atoms with van der Waals surface area (Å²) in [4.78, 5) is 41.7. The first-order chi connectivity index (χ1) is 19.1. The maximum absolute atomic E-state index is 12.8. The highest BCUT2D eigenvalue weighted by atomic mass is 16.6.